The summed E-state index contributed by atoms with van der Waals surface area (Å²) in [4.78, 5) is 16.0. The number of benzene rings is 1. The molecule has 0 bridgehead atoms. The normalized spacial score (nSPS) is 10.5. The number of aromatic nitrogens is 4. The second-order valence-corrected chi connectivity index (χ2v) is 5.34. The monoisotopic (exact) mass is 327 g/mol. The molecule has 0 aliphatic rings. The molecule has 2 aromatic heterocycles. The van der Waals surface area contributed by atoms with Crippen LogP contribution >= 0.6 is 11.6 Å². The van der Waals surface area contributed by atoms with Crippen molar-refractivity contribution >= 4 is 17.5 Å². The van der Waals surface area contributed by atoms with Crippen LogP contribution in [0.25, 0.3) is 0 Å². The van der Waals surface area contributed by atoms with E-state index in [9.17, 15) is 4.79 Å². The molecule has 0 saturated heterocycles. The standard InChI is InChI=1S/C16H14ClN5O/c17-14-4-2-1-3-13(14)10-22-11-15(20-21-22)16(23)19-9-12-5-7-18-8-6-12/h1-8,11H,9-10H2,(H,19,23). The molecule has 7 heteroatoms. The van der Waals surface area contributed by atoms with Crippen molar-refractivity contribution in [3.8, 4) is 0 Å². The zero-order chi connectivity index (χ0) is 16.1. The van der Waals surface area contributed by atoms with E-state index in [1.807, 2.05) is 36.4 Å². The van der Waals surface area contributed by atoms with Crippen LogP contribution in [0.15, 0.2) is 55.0 Å². The Morgan fingerprint density at radius 1 is 1.17 bits per heavy atom. The van der Waals surface area contributed by atoms with Crippen LogP contribution in [-0.2, 0) is 13.1 Å². The summed E-state index contributed by atoms with van der Waals surface area (Å²) in [6, 6.07) is 11.2. The number of nitrogens with one attached hydrogen (secondary N) is 1. The van der Waals surface area contributed by atoms with Gasteiger partial charge in [-0.1, -0.05) is 35.0 Å². The first-order chi connectivity index (χ1) is 11.2. The molecular formula is C16H14ClN5O. The number of amides is 1. The zero-order valence-electron chi connectivity index (χ0n) is 12.2. The lowest BCUT2D eigenvalue weighted by Crippen LogP contribution is -2.23. The summed E-state index contributed by atoms with van der Waals surface area (Å²) in [6.07, 6.45) is 4.97. The molecule has 1 N–H and O–H groups in total. The van der Waals surface area contributed by atoms with E-state index in [0.717, 1.165) is 11.1 Å². The molecular weight excluding hydrogens is 314 g/mol. The minimum atomic E-state index is -0.271. The molecule has 1 aromatic carbocycles. The molecule has 6 nitrogen and oxygen atoms in total. The molecule has 116 valence electrons. The number of carbonyl (C=O) groups is 1. The number of hydrogen-bond donors (Lipinski definition) is 1. The average molecular weight is 328 g/mol. The number of hydrogen-bond acceptors (Lipinski definition) is 4. The van der Waals surface area contributed by atoms with Gasteiger partial charge in [0.25, 0.3) is 5.91 Å². The predicted octanol–water partition coefficient (Wildman–Crippen LogP) is 2.30. The van der Waals surface area contributed by atoms with Crippen molar-refractivity contribution in [2.45, 2.75) is 13.1 Å². The van der Waals surface area contributed by atoms with Crippen LogP contribution in [0, 0.1) is 0 Å². The van der Waals surface area contributed by atoms with Crippen molar-refractivity contribution in [2.75, 3.05) is 0 Å². The second kappa shape index (κ2) is 7.02. The fourth-order valence-electron chi connectivity index (χ4n) is 2.05. The third-order valence-electron chi connectivity index (χ3n) is 3.26. The molecule has 2 heterocycles. The Kier molecular flexibility index (Phi) is 4.63. The number of rotatable bonds is 5. The Morgan fingerprint density at radius 2 is 1.96 bits per heavy atom. The summed E-state index contributed by atoms with van der Waals surface area (Å²) in [5.74, 6) is -0.271. The summed E-state index contributed by atoms with van der Waals surface area (Å²) in [7, 11) is 0. The Hall–Kier alpha value is -2.73. The van der Waals surface area contributed by atoms with Gasteiger partial charge in [0.1, 0.15) is 0 Å². The maximum Gasteiger partial charge on any atom is 0.273 e. The topological polar surface area (TPSA) is 72.7 Å². The van der Waals surface area contributed by atoms with Crippen LogP contribution in [0.5, 0.6) is 0 Å². The second-order valence-electron chi connectivity index (χ2n) is 4.93. The van der Waals surface area contributed by atoms with E-state index in [1.165, 1.54) is 0 Å². The fraction of sp³-hybridized carbons (Fsp3) is 0.125. The van der Waals surface area contributed by atoms with Gasteiger partial charge in [-0.05, 0) is 29.3 Å². The Bertz CT molecular complexity index is 803. The minimum absolute atomic E-state index is 0.270. The maximum absolute atomic E-state index is 12.1. The smallest absolute Gasteiger partial charge is 0.273 e. The lowest BCUT2D eigenvalue weighted by atomic mass is 10.2. The zero-order valence-corrected chi connectivity index (χ0v) is 12.9. The summed E-state index contributed by atoms with van der Waals surface area (Å²) >= 11 is 6.12. The Morgan fingerprint density at radius 3 is 2.74 bits per heavy atom. The highest BCUT2D eigenvalue weighted by atomic mass is 35.5. The number of nitrogens with zero attached hydrogens (tertiary/aromatic N) is 4. The van der Waals surface area contributed by atoms with Gasteiger partial charge in [-0.15, -0.1) is 5.10 Å². The number of halogens is 1. The largest absolute Gasteiger partial charge is 0.347 e. The molecule has 3 rings (SSSR count). The van der Waals surface area contributed by atoms with E-state index >= 15 is 0 Å². The van der Waals surface area contributed by atoms with Crippen molar-refractivity contribution in [2.24, 2.45) is 0 Å². The quantitative estimate of drug-likeness (QED) is 0.780. The van der Waals surface area contributed by atoms with Gasteiger partial charge in [0.2, 0.25) is 0 Å². The average Bonchev–Trinajstić information content (AvgIpc) is 3.04. The van der Waals surface area contributed by atoms with Crippen molar-refractivity contribution in [3.05, 3.63) is 76.8 Å². The fourth-order valence-corrected chi connectivity index (χ4v) is 2.25. The SMILES string of the molecule is O=C(NCc1ccncc1)c1cn(Cc2ccccc2Cl)nn1. The van der Waals surface area contributed by atoms with Crippen molar-refractivity contribution in [3.63, 3.8) is 0 Å². The number of pyridine rings is 1. The molecule has 23 heavy (non-hydrogen) atoms. The summed E-state index contributed by atoms with van der Waals surface area (Å²) in [5, 5.41) is 11.3. The molecule has 0 atom stereocenters. The molecule has 0 radical (unpaired) electrons. The summed E-state index contributed by atoms with van der Waals surface area (Å²) in [5.41, 5.74) is 2.16. The first-order valence-electron chi connectivity index (χ1n) is 7.03. The number of carbonyl (C=O) groups excluding carboxylic acids is 1. The van der Waals surface area contributed by atoms with E-state index in [4.69, 9.17) is 11.6 Å². The van der Waals surface area contributed by atoms with Crippen LogP contribution in [0.2, 0.25) is 5.02 Å². The van der Waals surface area contributed by atoms with E-state index in [0.29, 0.717) is 18.1 Å². The Labute approximate surface area is 138 Å². The molecule has 0 unspecified atom stereocenters. The molecule has 0 fully saturated rings. The van der Waals surface area contributed by atoms with Crippen molar-refractivity contribution < 1.29 is 4.79 Å². The summed E-state index contributed by atoms with van der Waals surface area (Å²) < 4.78 is 1.59. The molecule has 1 amide bonds. The highest BCUT2D eigenvalue weighted by Crippen LogP contribution is 2.15. The van der Waals surface area contributed by atoms with Gasteiger partial charge in [-0.25, -0.2) is 4.68 Å². The van der Waals surface area contributed by atoms with Gasteiger partial charge < -0.3 is 5.32 Å². The lowest BCUT2D eigenvalue weighted by Gasteiger charge is -2.03. The van der Waals surface area contributed by atoms with Crippen LogP contribution in [-0.4, -0.2) is 25.9 Å². The minimum Gasteiger partial charge on any atom is -0.347 e. The Balaban J connectivity index is 1.62. The van der Waals surface area contributed by atoms with E-state index in [-0.39, 0.29) is 11.6 Å². The third-order valence-corrected chi connectivity index (χ3v) is 3.63. The van der Waals surface area contributed by atoms with E-state index in [2.05, 4.69) is 20.6 Å². The van der Waals surface area contributed by atoms with Gasteiger partial charge >= 0.3 is 0 Å². The maximum atomic E-state index is 12.1. The van der Waals surface area contributed by atoms with Gasteiger partial charge in [0.15, 0.2) is 5.69 Å². The van der Waals surface area contributed by atoms with Crippen LogP contribution in [0.3, 0.4) is 0 Å². The van der Waals surface area contributed by atoms with E-state index < -0.39 is 0 Å². The van der Waals surface area contributed by atoms with Crippen molar-refractivity contribution in [1.82, 2.24) is 25.3 Å². The molecule has 0 aliphatic carbocycles. The van der Waals surface area contributed by atoms with Gasteiger partial charge in [-0.2, -0.15) is 0 Å². The van der Waals surface area contributed by atoms with Crippen LogP contribution in [0.1, 0.15) is 21.6 Å². The third kappa shape index (κ3) is 3.92. The van der Waals surface area contributed by atoms with E-state index in [1.54, 1.807) is 23.3 Å². The predicted molar refractivity (Wildman–Crippen MR) is 86.0 cm³/mol. The van der Waals surface area contributed by atoms with Crippen LogP contribution in [0.4, 0.5) is 0 Å². The first kappa shape index (κ1) is 15.2. The highest BCUT2D eigenvalue weighted by Gasteiger charge is 2.11. The summed E-state index contributed by atoms with van der Waals surface area (Å²) in [6.45, 7) is 0.878. The van der Waals surface area contributed by atoms with Gasteiger partial charge in [0, 0.05) is 24.0 Å². The first-order valence-corrected chi connectivity index (χ1v) is 7.41. The highest BCUT2D eigenvalue weighted by molar-refractivity contribution is 6.31. The lowest BCUT2D eigenvalue weighted by molar-refractivity contribution is 0.0946. The molecule has 3 aromatic rings. The van der Waals surface area contributed by atoms with Crippen molar-refractivity contribution in [1.29, 1.82) is 0 Å². The molecule has 0 aliphatic heterocycles. The van der Waals surface area contributed by atoms with Crippen LogP contribution < -0.4 is 5.32 Å². The molecule has 0 spiro atoms. The van der Waals surface area contributed by atoms with Gasteiger partial charge in [-0.3, -0.25) is 9.78 Å². The van der Waals surface area contributed by atoms with Gasteiger partial charge in [0.05, 0.1) is 12.7 Å². The molecule has 0 saturated carbocycles.